The Balaban J connectivity index is 2.00. The Morgan fingerprint density at radius 2 is 2.05 bits per heavy atom. The molecule has 1 N–H and O–H groups in total. The fourth-order valence-electron chi connectivity index (χ4n) is 2.14. The molecule has 0 bridgehead atoms. The third-order valence-corrected chi connectivity index (χ3v) is 3.57. The molecule has 0 aliphatic carbocycles. The maximum atomic E-state index is 4.21. The van der Waals surface area contributed by atoms with Gasteiger partial charge in [0, 0.05) is 9.86 Å². The summed E-state index contributed by atoms with van der Waals surface area (Å²) in [7, 11) is 0. The molecule has 0 aliphatic rings. The summed E-state index contributed by atoms with van der Waals surface area (Å²) in [4.78, 5) is 0. The maximum absolute atomic E-state index is 4.21. The number of rotatable bonds is 1. The van der Waals surface area contributed by atoms with Crippen molar-refractivity contribution < 1.29 is 0 Å². The van der Waals surface area contributed by atoms with E-state index in [1.54, 1.807) is 6.20 Å². The van der Waals surface area contributed by atoms with E-state index in [0.717, 1.165) is 32.1 Å². The molecular formula is C13H8BrN5. The van der Waals surface area contributed by atoms with E-state index in [2.05, 4.69) is 36.4 Å². The first-order valence-corrected chi connectivity index (χ1v) is 6.55. The summed E-state index contributed by atoms with van der Waals surface area (Å²) in [6, 6.07) is 11.9. The van der Waals surface area contributed by atoms with Gasteiger partial charge in [0.25, 0.3) is 0 Å². The molecule has 92 valence electrons. The maximum Gasteiger partial charge on any atom is 0.113 e. The van der Waals surface area contributed by atoms with Gasteiger partial charge in [-0.05, 0) is 36.4 Å². The standard InChI is InChI=1S/C13H8BrN5/c14-9-2-4-11-13(5-9)19(18-17-11)10-3-1-8-7-15-16-12(8)6-10/h1-7H,(H,15,16). The molecule has 0 saturated carbocycles. The molecule has 19 heavy (non-hydrogen) atoms. The lowest BCUT2D eigenvalue weighted by Crippen LogP contribution is -1.96. The molecule has 0 aliphatic heterocycles. The molecule has 6 heteroatoms. The second-order valence-electron chi connectivity index (χ2n) is 4.28. The highest BCUT2D eigenvalue weighted by Crippen LogP contribution is 2.22. The second kappa shape index (κ2) is 3.89. The van der Waals surface area contributed by atoms with E-state index in [4.69, 9.17) is 0 Å². The van der Waals surface area contributed by atoms with Crippen molar-refractivity contribution in [2.45, 2.75) is 0 Å². The van der Waals surface area contributed by atoms with Crippen molar-refractivity contribution in [2.75, 3.05) is 0 Å². The van der Waals surface area contributed by atoms with Crippen molar-refractivity contribution in [1.29, 1.82) is 0 Å². The van der Waals surface area contributed by atoms with E-state index in [0.29, 0.717) is 0 Å². The van der Waals surface area contributed by atoms with Crippen molar-refractivity contribution in [3.8, 4) is 5.69 Å². The van der Waals surface area contributed by atoms with Crippen LogP contribution < -0.4 is 0 Å². The average Bonchev–Trinajstić information content (AvgIpc) is 3.03. The highest BCUT2D eigenvalue weighted by molar-refractivity contribution is 9.10. The van der Waals surface area contributed by atoms with Gasteiger partial charge in [0.05, 0.1) is 22.9 Å². The van der Waals surface area contributed by atoms with E-state index in [1.165, 1.54) is 0 Å². The quantitative estimate of drug-likeness (QED) is 0.587. The van der Waals surface area contributed by atoms with Gasteiger partial charge in [-0.25, -0.2) is 4.68 Å². The van der Waals surface area contributed by atoms with E-state index in [-0.39, 0.29) is 0 Å². The minimum absolute atomic E-state index is 0.868. The van der Waals surface area contributed by atoms with Gasteiger partial charge >= 0.3 is 0 Å². The Bertz CT molecular complexity index is 892. The van der Waals surface area contributed by atoms with Crippen molar-refractivity contribution in [3.05, 3.63) is 47.1 Å². The van der Waals surface area contributed by atoms with Gasteiger partial charge in [-0.2, -0.15) is 5.10 Å². The number of hydrogen-bond acceptors (Lipinski definition) is 3. The first kappa shape index (κ1) is 10.7. The number of benzene rings is 2. The number of H-pyrrole nitrogens is 1. The number of aromatic nitrogens is 5. The van der Waals surface area contributed by atoms with Crippen LogP contribution in [0, 0.1) is 0 Å². The normalized spacial score (nSPS) is 11.4. The molecule has 2 aromatic carbocycles. The van der Waals surface area contributed by atoms with Crippen molar-refractivity contribution in [3.63, 3.8) is 0 Å². The van der Waals surface area contributed by atoms with Gasteiger partial charge in [0.2, 0.25) is 0 Å². The highest BCUT2D eigenvalue weighted by Gasteiger charge is 2.08. The van der Waals surface area contributed by atoms with Gasteiger partial charge in [-0.3, -0.25) is 5.10 Å². The fraction of sp³-hybridized carbons (Fsp3) is 0. The van der Waals surface area contributed by atoms with Crippen LogP contribution in [0.1, 0.15) is 0 Å². The molecule has 2 aromatic heterocycles. The first-order valence-electron chi connectivity index (χ1n) is 5.76. The molecule has 0 saturated heterocycles. The van der Waals surface area contributed by atoms with Gasteiger partial charge in [-0.1, -0.05) is 21.1 Å². The SMILES string of the molecule is Brc1ccc2nnn(-c3ccc4cn[nH]c4c3)c2c1. The first-order chi connectivity index (χ1) is 9.31. The number of nitrogens with one attached hydrogen (secondary N) is 1. The monoisotopic (exact) mass is 313 g/mol. The van der Waals surface area contributed by atoms with Gasteiger partial charge in [-0.15, -0.1) is 5.10 Å². The summed E-state index contributed by atoms with van der Waals surface area (Å²) in [5.41, 5.74) is 3.77. The molecule has 0 fully saturated rings. The Kier molecular flexibility index (Phi) is 2.19. The number of fused-ring (bicyclic) bond motifs is 2. The summed E-state index contributed by atoms with van der Waals surface area (Å²) < 4.78 is 2.83. The van der Waals surface area contributed by atoms with Crippen LogP contribution in [0.15, 0.2) is 47.1 Å². The molecular weight excluding hydrogens is 306 g/mol. The minimum Gasteiger partial charge on any atom is -0.278 e. The fourth-order valence-corrected chi connectivity index (χ4v) is 2.49. The zero-order valence-corrected chi connectivity index (χ0v) is 11.3. The minimum atomic E-state index is 0.868. The van der Waals surface area contributed by atoms with Crippen LogP contribution in [0.2, 0.25) is 0 Å². The lowest BCUT2D eigenvalue weighted by molar-refractivity contribution is 0.824. The van der Waals surface area contributed by atoms with Crippen LogP contribution in [0.3, 0.4) is 0 Å². The summed E-state index contributed by atoms with van der Waals surface area (Å²) in [6.45, 7) is 0. The Labute approximate surface area is 116 Å². The molecule has 0 spiro atoms. The second-order valence-corrected chi connectivity index (χ2v) is 5.19. The van der Waals surface area contributed by atoms with Crippen molar-refractivity contribution in [1.82, 2.24) is 25.2 Å². The zero-order chi connectivity index (χ0) is 12.8. The topological polar surface area (TPSA) is 59.4 Å². The van der Waals surface area contributed by atoms with Crippen LogP contribution in [0.4, 0.5) is 0 Å². The molecule has 4 rings (SSSR count). The summed E-state index contributed by atoms with van der Waals surface area (Å²) >= 11 is 3.47. The molecule has 0 unspecified atom stereocenters. The number of hydrogen-bond donors (Lipinski definition) is 1. The van der Waals surface area contributed by atoms with Gasteiger partial charge in [0.1, 0.15) is 5.52 Å². The largest absolute Gasteiger partial charge is 0.278 e. The Morgan fingerprint density at radius 3 is 3.00 bits per heavy atom. The van der Waals surface area contributed by atoms with E-state index in [9.17, 15) is 0 Å². The van der Waals surface area contributed by atoms with Crippen LogP contribution in [0.25, 0.3) is 27.6 Å². The van der Waals surface area contributed by atoms with E-state index >= 15 is 0 Å². The predicted molar refractivity (Wildman–Crippen MR) is 76.2 cm³/mol. The third-order valence-electron chi connectivity index (χ3n) is 3.08. The number of aromatic amines is 1. The third kappa shape index (κ3) is 1.64. The van der Waals surface area contributed by atoms with Crippen LogP contribution in [0.5, 0.6) is 0 Å². The van der Waals surface area contributed by atoms with E-state index in [1.807, 2.05) is 41.1 Å². The molecule has 0 amide bonds. The van der Waals surface area contributed by atoms with Crippen LogP contribution in [-0.4, -0.2) is 25.2 Å². The van der Waals surface area contributed by atoms with Gasteiger partial charge < -0.3 is 0 Å². The lowest BCUT2D eigenvalue weighted by atomic mass is 10.2. The Morgan fingerprint density at radius 1 is 1.11 bits per heavy atom. The predicted octanol–water partition coefficient (Wildman–Crippen LogP) is 3.06. The summed E-state index contributed by atoms with van der Waals surface area (Å²) in [6.07, 6.45) is 1.80. The number of halogens is 1. The van der Waals surface area contributed by atoms with Crippen molar-refractivity contribution in [2.24, 2.45) is 0 Å². The van der Waals surface area contributed by atoms with Crippen molar-refractivity contribution >= 4 is 37.9 Å². The molecule has 2 heterocycles. The van der Waals surface area contributed by atoms with Crippen LogP contribution >= 0.6 is 15.9 Å². The molecule has 0 radical (unpaired) electrons. The summed E-state index contributed by atoms with van der Waals surface area (Å²) in [5, 5.41) is 16.4. The highest BCUT2D eigenvalue weighted by atomic mass is 79.9. The molecule has 4 aromatic rings. The summed E-state index contributed by atoms with van der Waals surface area (Å²) in [5.74, 6) is 0. The molecule has 0 atom stereocenters. The Hall–Kier alpha value is -2.21. The smallest absolute Gasteiger partial charge is 0.113 e. The van der Waals surface area contributed by atoms with Crippen LogP contribution in [-0.2, 0) is 0 Å². The molecule has 5 nitrogen and oxygen atoms in total. The number of nitrogens with zero attached hydrogens (tertiary/aromatic N) is 4. The zero-order valence-electron chi connectivity index (χ0n) is 9.71. The average molecular weight is 314 g/mol. The van der Waals surface area contributed by atoms with E-state index < -0.39 is 0 Å². The lowest BCUT2D eigenvalue weighted by Gasteiger charge is -2.02. The van der Waals surface area contributed by atoms with Gasteiger partial charge in [0.15, 0.2) is 0 Å².